The van der Waals surface area contributed by atoms with Gasteiger partial charge in [-0.1, -0.05) is 54.1 Å². The Kier molecular flexibility index (Phi) is 8.63. The number of hydrogen-bond donors (Lipinski definition) is 3. The number of aromatic nitrogens is 1. The highest BCUT2D eigenvalue weighted by molar-refractivity contribution is 6.34. The van der Waals surface area contributed by atoms with Crippen LogP contribution in [0.2, 0.25) is 5.02 Å². The van der Waals surface area contributed by atoms with Gasteiger partial charge < -0.3 is 15.7 Å². The number of ketones is 1. The second kappa shape index (κ2) is 12.3. The number of carbonyl (C=O) groups excluding carboxylic acids is 3. The third-order valence-corrected chi connectivity index (χ3v) is 6.47. The summed E-state index contributed by atoms with van der Waals surface area (Å²) in [6.07, 6.45) is 9.05. The van der Waals surface area contributed by atoms with Crippen LogP contribution in [0.3, 0.4) is 0 Å². The number of carboxylic acid groups (broad SMARTS) is 1. The van der Waals surface area contributed by atoms with Crippen LogP contribution >= 0.6 is 11.6 Å². The number of allylic oxidation sites excluding steroid dienone is 3. The van der Waals surface area contributed by atoms with E-state index in [1.807, 2.05) is 0 Å². The average molecular weight is 548 g/mol. The molecule has 0 saturated carbocycles. The van der Waals surface area contributed by atoms with Crippen molar-refractivity contribution in [3.63, 3.8) is 0 Å². The van der Waals surface area contributed by atoms with Crippen LogP contribution in [0, 0.1) is 17.7 Å². The van der Waals surface area contributed by atoms with E-state index < -0.39 is 47.3 Å². The van der Waals surface area contributed by atoms with Crippen LogP contribution < -0.4 is 10.6 Å². The second-order valence-corrected chi connectivity index (χ2v) is 9.17. The third kappa shape index (κ3) is 6.63. The van der Waals surface area contributed by atoms with Crippen molar-refractivity contribution in [2.75, 3.05) is 5.32 Å². The van der Waals surface area contributed by atoms with Gasteiger partial charge in [0.1, 0.15) is 5.82 Å². The number of Topliss-reactive ketones (excluding diaryl/α,β-unsaturated/α-hetero) is 1. The maximum atomic E-state index is 14.0. The van der Waals surface area contributed by atoms with Crippen molar-refractivity contribution >= 4 is 40.9 Å². The maximum Gasteiger partial charge on any atom is 0.305 e. The SMILES string of the molecule is O=C(O)CC(NC(=O)C1C=CC=CC1C(=O)c1ccc(Cl)c(NC(=O)c2ccccc2F)c1)c1cccnc1. The predicted molar refractivity (Wildman–Crippen MR) is 143 cm³/mol. The standard InChI is InChI=1S/C29H23ClFN3O5/c30-22-12-11-17(14-25(22)34-29(39)21-9-3-4-10-23(21)31)27(37)19-7-1-2-8-20(19)28(38)33-24(15-26(35)36)18-6-5-13-32-16-18/h1-14,16,19-20,24H,15H2,(H,33,38)(H,34,39)(H,35,36). The highest BCUT2D eigenvalue weighted by atomic mass is 35.5. The summed E-state index contributed by atoms with van der Waals surface area (Å²) in [4.78, 5) is 54.8. The monoisotopic (exact) mass is 547 g/mol. The molecule has 0 aliphatic heterocycles. The van der Waals surface area contributed by atoms with Crippen molar-refractivity contribution in [2.24, 2.45) is 11.8 Å². The first-order valence-corrected chi connectivity index (χ1v) is 12.3. The van der Waals surface area contributed by atoms with E-state index in [0.29, 0.717) is 5.56 Å². The van der Waals surface area contributed by atoms with E-state index in [9.17, 15) is 28.7 Å². The molecule has 0 fully saturated rings. The summed E-state index contributed by atoms with van der Waals surface area (Å²) >= 11 is 6.23. The zero-order chi connectivity index (χ0) is 27.9. The van der Waals surface area contributed by atoms with Crippen LogP contribution in [-0.4, -0.2) is 33.7 Å². The lowest BCUT2D eigenvalue weighted by molar-refractivity contribution is -0.138. The normalized spacial score (nSPS) is 16.8. The number of hydrogen-bond acceptors (Lipinski definition) is 5. The van der Waals surface area contributed by atoms with Gasteiger partial charge in [-0.25, -0.2) is 4.39 Å². The van der Waals surface area contributed by atoms with Crippen LogP contribution in [0.25, 0.3) is 0 Å². The van der Waals surface area contributed by atoms with E-state index in [-0.39, 0.29) is 28.3 Å². The zero-order valence-corrected chi connectivity index (χ0v) is 21.1. The number of rotatable bonds is 9. The molecule has 1 aliphatic carbocycles. The molecule has 3 atom stereocenters. The van der Waals surface area contributed by atoms with Crippen molar-refractivity contribution in [1.29, 1.82) is 0 Å². The summed E-state index contributed by atoms with van der Waals surface area (Å²) in [5.74, 6) is -5.36. The fourth-order valence-corrected chi connectivity index (χ4v) is 4.35. The third-order valence-electron chi connectivity index (χ3n) is 6.14. The molecule has 2 aromatic carbocycles. The van der Waals surface area contributed by atoms with Gasteiger partial charge in [0.15, 0.2) is 5.78 Å². The van der Waals surface area contributed by atoms with E-state index >= 15 is 0 Å². The molecule has 2 amide bonds. The number of anilines is 1. The molecule has 4 rings (SSSR count). The fourth-order valence-electron chi connectivity index (χ4n) is 4.19. The molecular formula is C29H23ClFN3O5. The minimum absolute atomic E-state index is 0.102. The first-order valence-electron chi connectivity index (χ1n) is 11.9. The Morgan fingerprint density at radius 1 is 1.00 bits per heavy atom. The van der Waals surface area contributed by atoms with Gasteiger partial charge in [0.2, 0.25) is 5.91 Å². The van der Waals surface area contributed by atoms with Gasteiger partial charge in [0, 0.05) is 18.0 Å². The molecule has 8 nitrogen and oxygen atoms in total. The van der Waals surface area contributed by atoms with Gasteiger partial charge in [-0.15, -0.1) is 0 Å². The molecule has 1 heterocycles. The van der Waals surface area contributed by atoms with Crippen molar-refractivity contribution in [3.8, 4) is 0 Å². The van der Waals surface area contributed by atoms with E-state index in [0.717, 1.165) is 6.07 Å². The number of benzene rings is 2. The van der Waals surface area contributed by atoms with E-state index in [1.165, 1.54) is 48.8 Å². The van der Waals surface area contributed by atoms with Gasteiger partial charge >= 0.3 is 5.97 Å². The quantitative estimate of drug-likeness (QED) is 0.324. The Balaban J connectivity index is 1.55. The molecule has 0 saturated heterocycles. The minimum atomic E-state index is -1.11. The number of nitrogens with zero attached hydrogens (tertiary/aromatic N) is 1. The largest absolute Gasteiger partial charge is 0.481 e. The van der Waals surface area contributed by atoms with Crippen LogP contribution in [0.4, 0.5) is 10.1 Å². The summed E-state index contributed by atoms with van der Waals surface area (Å²) in [6.45, 7) is 0. The Hall–Kier alpha value is -4.63. The van der Waals surface area contributed by atoms with E-state index in [1.54, 1.807) is 36.4 Å². The number of pyridine rings is 1. The van der Waals surface area contributed by atoms with Crippen LogP contribution in [0.15, 0.2) is 91.3 Å². The van der Waals surface area contributed by atoms with Crippen LogP contribution in [-0.2, 0) is 9.59 Å². The summed E-state index contributed by atoms with van der Waals surface area (Å²) in [5, 5.41) is 14.7. The molecule has 0 radical (unpaired) electrons. The van der Waals surface area contributed by atoms with Crippen molar-refractivity contribution in [2.45, 2.75) is 12.5 Å². The minimum Gasteiger partial charge on any atom is -0.481 e. The Labute approximate surface area is 228 Å². The average Bonchev–Trinajstić information content (AvgIpc) is 2.94. The van der Waals surface area contributed by atoms with Gasteiger partial charge in [-0.3, -0.25) is 24.2 Å². The summed E-state index contributed by atoms with van der Waals surface area (Å²) in [7, 11) is 0. The Morgan fingerprint density at radius 2 is 1.74 bits per heavy atom. The number of halogens is 2. The van der Waals surface area contributed by atoms with E-state index in [2.05, 4.69) is 15.6 Å². The van der Waals surface area contributed by atoms with Crippen LogP contribution in [0.1, 0.15) is 38.7 Å². The Bertz CT molecular complexity index is 1470. The van der Waals surface area contributed by atoms with Gasteiger partial charge in [-0.05, 0) is 42.0 Å². The lowest BCUT2D eigenvalue weighted by Gasteiger charge is -2.25. The predicted octanol–water partition coefficient (Wildman–Crippen LogP) is 5.00. The zero-order valence-electron chi connectivity index (χ0n) is 20.4. The summed E-state index contributed by atoms with van der Waals surface area (Å²) in [6, 6.07) is 12.1. The second-order valence-electron chi connectivity index (χ2n) is 8.76. The molecule has 10 heteroatoms. The topological polar surface area (TPSA) is 125 Å². The highest BCUT2D eigenvalue weighted by Gasteiger charge is 2.33. The molecule has 1 aromatic heterocycles. The first kappa shape index (κ1) is 27.4. The number of carbonyl (C=O) groups is 4. The van der Waals surface area contributed by atoms with Crippen LogP contribution in [0.5, 0.6) is 0 Å². The lowest BCUT2D eigenvalue weighted by atomic mass is 9.82. The molecule has 39 heavy (non-hydrogen) atoms. The molecule has 3 aromatic rings. The van der Waals surface area contributed by atoms with Crippen molar-refractivity contribution in [1.82, 2.24) is 10.3 Å². The van der Waals surface area contributed by atoms with E-state index in [4.69, 9.17) is 11.6 Å². The highest BCUT2D eigenvalue weighted by Crippen LogP contribution is 2.30. The maximum absolute atomic E-state index is 14.0. The number of nitrogens with one attached hydrogen (secondary N) is 2. The molecule has 198 valence electrons. The molecule has 0 bridgehead atoms. The van der Waals surface area contributed by atoms with Gasteiger partial charge in [0.05, 0.1) is 40.6 Å². The number of aliphatic carboxylic acids is 1. The van der Waals surface area contributed by atoms with Crippen molar-refractivity contribution in [3.05, 3.63) is 119 Å². The molecule has 1 aliphatic rings. The van der Waals surface area contributed by atoms with Gasteiger partial charge in [-0.2, -0.15) is 0 Å². The molecule has 3 unspecified atom stereocenters. The van der Waals surface area contributed by atoms with Gasteiger partial charge in [0.25, 0.3) is 5.91 Å². The number of amides is 2. The Morgan fingerprint density at radius 3 is 2.44 bits per heavy atom. The van der Waals surface area contributed by atoms with Crippen molar-refractivity contribution < 1.29 is 28.7 Å². The first-order chi connectivity index (χ1) is 18.7. The molecule has 0 spiro atoms. The molecule has 3 N–H and O–H groups in total. The fraction of sp³-hybridized carbons (Fsp3) is 0.138. The smallest absolute Gasteiger partial charge is 0.305 e. The molecular weight excluding hydrogens is 525 g/mol. The summed E-state index contributed by atoms with van der Waals surface area (Å²) < 4.78 is 14.0. The lowest BCUT2D eigenvalue weighted by Crippen LogP contribution is -2.39. The summed E-state index contributed by atoms with van der Waals surface area (Å²) in [5.41, 5.74) is 0.594. The number of carboxylic acids is 1.